The van der Waals surface area contributed by atoms with Gasteiger partial charge in [0.25, 0.3) is 5.56 Å². The van der Waals surface area contributed by atoms with Crippen molar-refractivity contribution in [3.63, 3.8) is 0 Å². The molecule has 2 aromatic carbocycles. The summed E-state index contributed by atoms with van der Waals surface area (Å²) in [6, 6.07) is 17.2. The summed E-state index contributed by atoms with van der Waals surface area (Å²) < 4.78 is 7.15. The van der Waals surface area contributed by atoms with Crippen LogP contribution >= 0.6 is 11.8 Å². The number of aromatic nitrogens is 2. The van der Waals surface area contributed by atoms with Gasteiger partial charge in [0.2, 0.25) is 5.91 Å². The lowest BCUT2D eigenvalue weighted by atomic mass is 10.2. The van der Waals surface area contributed by atoms with E-state index in [2.05, 4.69) is 5.32 Å². The monoisotopic (exact) mass is 439 g/mol. The van der Waals surface area contributed by atoms with E-state index in [4.69, 9.17) is 9.72 Å². The van der Waals surface area contributed by atoms with Crippen LogP contribution in [-0.4, -0.2) is 54.1 Å². The summed E-state index contributed by atoms with van der Waals surface area (Å²) in [6.07, 6.45) is 0. The normalized spacial score (nSPS) is 14.6. The van der Waals surface area contributed by atoms with Gasteiger partial charge in [0.05, 0.1) is 43.0 Å². The molecule has 1 saturated heterocycles. The minimum absolute atomic E-state index is 0.0505. The van der Waals surface area contributed by atoms with Crippen molar-refractivity contribution in [2.24, 2.45) is 0 Å². The zero-order valence-corrected chi connectivity index (χ0v) is 18.2. The summed E-state index contributed by atoms with van der Waals surface area (Å²) in [5.41, 5.74) is 1.66. The van der Waals surface area contributed by atoms with E-state index in [0.29, 0.717) is 29.1 Å². The number of amides is 1. The van der Waals surface area contributed by atoms with Crippen molar-refractivity contribution in [3.05, 3.63) is 70.5 Å². The number of quaternary nitrogens is 1. The summed E-state index contributed by atoms with van der Waals surface area (Å²) in [5.74, 6) is 0.129. The van der Waals surface area contributed by atoms with E-state index >= 15 is 0 Å². The van der Waals surface area contributed by atoms with Gasteiger partial charge < -0.3 is 15.0 Å². The number of para-hydroxylation sites is 1. The Labute approximate surface area is 185 Å². The Bertz CT molecular complexity index is 1080. The summed E-state index contributed by atoms with van der Waals surface area (Å²) in [5, 5.41) is 4.13. The van der Waals surface area contributed by atoms with E-state index in [1.54, 1.807) is 4.57 Å². The molecule has 2 N–H and O–H groups in total. The fraction of sp³-hybridized carbons (Fsp3) is 0.348. The maximum absolute atomic E-state index is 13.2. The topological polar surface area (TPSA) is 77.7 Å². The largest absolute Gasteiger partial charge is 0.370 e. The van der Waals surface area contributed by atoms with Crippen LogP contribution in [0.15, 0.2) is 64.5 Å². The van der Waals surface area contributed by atoms with Crippen molar-refractivity contribution < 1.29 is 14.4 Å². The van der Waals surface area contributed by atoms with Crippen molar-refractivity contribution in [3.8, 4) is 0 Å². The maximum Gasteiger partial charge on any atom is 0.262 e. The molecule has 0 bridgehead atoms. The lowest BCUT2D eigenvalue weighted by molar-refractivity contribution is -0.908. The van der Waals surface area contributed by atoms with Gasteiger partial charge in [0.15, 0.2) is 5.16 Å². The number of rotatable bonds is 8. The highest BCUT2D eigenvalue weighted by Gasteiger charge is 2.17. The molecular weight excluding hydrogens is 412 g/mol. The van der Waals surface area contributed by atoms with Gasteiger partial charge in [-0.3, -0.25) is 14.2 Å². The third kappa shape index (κ3) is 5.72. The number of thioether (sulfide) groups is 1. The van der Waals surface area contributed by atoms with Crippen molar-refractivity contribution in [2.75, 3.05) is 38.6 Å². The molecule has 1 aliphatic heterocycles. The highest BCUT2D eigenvalue weighted by Crippen LogP contribution is 2.17. The Kier molecular flexibility index (Phi) is 7.35. The molecule has 2 heterocycles. The average Bonchev–Trinajstić information content (AvgIpc) is 2.82. The molecule has 1 amide bonds. The van der Waals surface area contributed by atoms with Crippen LogP contribution in [0.3, 0.4) is 0 Å². The summed E-state index contributed by atoms with van der Waals surface area (Å²) >= 11 is 1.31. The standard InChI is InChI=1S/C23H26N4O3S/c28-21(24-16-18-6-2-1-3-7-18)17-31-23-25-20-9-5-4-8-19(20)22(29)27(23)11-10-26-12-14-30-15-13-26/h1-9H,10-17H2,(H,24,28)/p+1. The molecular formula is C23H27N4O3S+. The molecule has 162 valence electrons. The number of fused-ring (bicyclic) bond motifs is 1. The molecule has 0 spiro atoms. The molecule has 0 saturated carbocycles. The van der Waals surface area contributed by atoms with Crippen LogP contribution in [0.4, 0.5) is 0 Å². The number of hydrogen-bond acceptors (Lipinski definition) is 5. The summed E-state index contributed by atoms with van der Waals surface area (Å²) in [6.45, 7) is 5.28. The lowest BCUT2D eigenvalue weighted by Crippen LogP contribution is -3.14. The fourth-order valence-electron chi connectivity index (χ4n) is 3.61. The van der Waals surface area contributed by atoms with Gasteiger partial charge in [0.1, 0.15) is 13.1 Å². The molecule has 4 rings (SSSR count). The number of nitrogens with zero attached hydrogens (tertiary/aromatic N) is 2. The zero-order valence-electron chi connectivity index (χ0n) is 17.4. The number of morpholine rings is 1. The molecule has 1 fully saturated rings. The molecule has 0 unspecified atom stereocenters. The van der Waals surface area contributed by atoms with E-state index in [9.17, 15) is 9.59 Å². The van der Waals surface area contributed by atoms with Crippen molar-refractivity contribution in [1.82, 2.24) is 14.9 Å². The second kappa shape index (κ2) is 10.6. The number of hydrogen-bond donors (Lipinski definition) is 2. The van der Waals surface area contributed by atoms with Gasteiger partial charge in [0, 0.05) is 6.54 Å². The van der Waals surface area contributed by atoms with Crippen LogP contribution in [0.25, 0.3) is 10.9 Å². The highest BCUT2D eigenvalue weighted by molar-refractivity contribution is 7.99. The van der Waals surface area contributed by atoms with Gasteiger partial charge in [-0.05, 0) is 17.7 Å². The molecule has 1 aliphatic rings. The van der Waals surface area contributed by atoms with Crippen LogP contribution in [0.5, 0.6) is 0 Å². The zero-order chi connectivity index (χ0) is 21.5. The average molecular weight is 440 g/mol. The Morgan fingerprint density at radius 2 is 1.84 bits per heavy atom. The number of ether oxygens (including phenoxy) is 1. The first-order valence-electron chi connectivity index (χ1n) is 10.5. The van der Waals surface area contributed by atoms with Gasteiger partial charge >= 0.3 is 0 Å². The second-order valence-electron chi connectivity index (χ2n) is 7.53. The Balaban J connectivity index is 1.46. The Morgan fingerprint density at radius 1 is 1.10 bits per heavy atom. The van der Waals surface area contributed by atoms with E-state index < -0.39 is 0 Å². The molecule has 7 nitrogen and oxygen atoms in total. The maximum atomic E-state index is 13.2. The predicted octanol–water partition coefficient (Wildman–Crippen LogP) is 0.720. The molecule has 0 radical (unpaired) electrons. The van der Waals surface area contributed by atoms with E-state index in [1.165, 1.54) is 16.7 Å². The highest BCUT2D eigenvalue weighted by atomic mass is 32.2. The third-order valence-corrected chi connectivity index (χ3v) is 6.36. The number of carbonyl (C=O) groups is 1. The first-order chi connectivity index (χ1) is 15.2. The van der Waals surface area contributed by atoms with Gasteiger partial charge in [-0.1, -0.05) is 54.2 Å². The van der Waals surface area contributed by atoms with Crippen molar-refractivity contribution >= 4 is 28.6 Å². The van der Waals surface area contributed by atoms with E-state index in [-0.39, 0.29) is 17.2 Å². The molecule has 3 aromatic rings. The fourth-order valence-corrected chi connectivity index (χ4v) is 4.47. The Morgan fingerprint density at radius 3 is 2.65 bits per heavy atom. The molecule has 0 atom stereocenters. The van der Waals surface area contributed by atoms with Crippen molar-refractivity contribution in [2.45, 2.75) is 18.2 Å². The Hall–Kier alpha value is -2.68. The predicted molar refractivity (Wildman–Crippen MR) is 121 cm³/mol. The minimum atomic E-state index is -0.0818. The second-order valence-corrected chi connectivity index (χ2v) is 8.47. The van der Waals surface area contributed by atoms with Crippen LogP contribution in [0.1, 0.15) is 5.56 Å². The smallest absolute Gasteiger partial charge is 0.262 e. The molecule has 8 heteroatoms. The van der Waals surface area contributed by atoms with Gasteiger partial charge in [-0.2, -0.15) is 0 Å². The lowest BCUT2D eigenvalue weighted by Gasteiger charge is -2.24. The van der Waals surface area contributed by atoms with Crippen LogP contribution in [0, 0.1) is 0 Å². The molecule has 31 heavy (non-hydrogen) atoms. The summed E-state index contributed by atoms with van der Waals surface area (Å²) in [4.78, 5) is 31.7. The van der Waals surface area contributed by atoms with Crippen LogP contribution < -0.4 is 15.8 Å². The minimum Gasteiger partial charge on any atom is -0.370 e. The number of benzene rings is 2. The van der Waals surface area contributed by atoms with Gasteiger partial charge in [-0.25, -0.2) is 4.98 Å². The first kappa shape index (κ1) is 21.5. The molecule has 0 aliphatic carbocycles. The van der Waals surface area contributed by atoms with Gasteiger partial charge in [-0.15, -0.1) is 0 Å². The SMILES string of the molecule is O=C(CSc1nc2ccccc2c(=O)n1CC[NH+]1CCOCC1)NCc1ccccc1. The molecule has 1 aromatic heterocycles. The number of carbonyl (C=O) groups excluding carboxylic acids is 1. The third-order valence-electron chi connectivity index (χ3n) is 5.38. The van der Waals surface area contributed by atoms with Crippen molar-refractivity contribution in [1.29, 1.82) is 0 Å². The van der Waals surface area contributed by atoms with E-state index in [1.807, 2.05) is 54.6 Å². The van der Waals surface area contributed by atoms with Crippen LogP contribution in [-0.2, 0) is 22.6 Å². The van der Waals surface area contributed by atoms with E-state index in [0.717, 1.165) is 38.4 Å². The quantitative estimate of drug-likeness (QED) is 0.400. The van der Waals surface area contributed by atoms with Crippen LogP contribution in [0.2, 0.25) is 0 Å². The first-order valence-corrected chi connectivity index (χ1v) is 11.5. The summed E-state index contributed by atoms with van der Waals surface area (Å²) in [7, 11) is 0. The number of nitrogens with one attached hydrogen (secondary N) is 2.